The zero-order chi connectivity index (χ0) is 14.4. The fourth-order valence-electron chi connectivity index (χ4n) is 1.72. The van der Waals surface area contributed by atoms with E-state index in [4.69, 9.17) is 9.47 Å². The number of alkyl halides is 1. The Morgan fingerprint density at radius 3 is 2.68 bits per heavy atom. The van der Waals surface area contributed by atoms with E-state index < -0.39 is 0 Å². The second-order valence-electron chi connectivity index (χ2n) is 4.22. The maximum atomic E-state index is 11.9. The van der Waals surface area contributed by atoms with Gasteiger partial charge in [-0.25, -0.2) is 0 Å². The zero-order valence-electron chi connectivity index (χ0n) is 11.8. The average Bonchev–Trinajstić information content (AvgIpc) is 2.39. The van der Waals surface area contributed by atoms with Gasteiger partial charge in [0.2, 0.25) is 5.91 Å². The first-order valence-electron chi connectivity index (χ1n) is 6.18. The number of carbonyl (C=O) groups is 1. The van der Waals surface area contributed by atoms with Crippen LogP contribution < -0.4 is 9.47 Å². The maximum absolute atomic E-state index is 11.9. The Labute approximate surface area is 122 Å². The van der Waals surface area contributed by atoms with Crippen LogP contribution in [0.25, 0.3) is 0 Å². The summed E-state index contributed by atoms with van der Waals surface area (Å²) in [4.78, 5) is 13.3. The molecule has 0 aromatic heterocycles. The van der Waals surface area contributed by atoms with Crippen LogP contribution in [0, 0.1) is 0 Å². The predicted octanol–water partition coefficient (Wildman–Crippen LogP) is 2.84. The van der Waals surface area contributed by atoms with Crippen LogP contribution in [-0.4, -0.2) is 36.4 Å². The Kier molecular flexibility index (Phi) is 6.15. The second kappa shape index (κ2) is 7.38. The van der Waals surface area contributed by atoms with Crippen LogP contribution in [0.5, 0.6) is 11.5 Å². The molecule has 1 aromatic carbocycles. The lowest BCUT2D eigenvalue weighted by Crippen LogP contribution is -2.31. The van der Waals surface area contributed by atoms with Crippen molar-refractivity contribution in [3.63, 3.8) is 0 Å². The van der Waals surface area contributed by atoms with Crippen LogP contribution in [-0.2, 0) is 11.3 Å². The molecular formula is C14H20BrNO3. The van der Waals surface area contributed by atoms with Crippen molar-refractivity contribution >= 4 is 21.8 Å². The van der Waals surface area contributed by atoms with Crippen molar-refractivity contribution in [2.75, 3.05) is 20.8 Å². The normalized spacial score (nSPS) is 11.8. The minimum absolute atomic E-state index is 0.0401. The van der Waals surface area contributed by atoms with E-state index in [-0.39, 0.29) is 10.7 Å². The first-order chi connectivity index (χ1) is 8.99. The lowest BCUT2D eigenvalue weighted by molar-refractivity contribution is -0.129. The molecule has 106 valence electrons. The summed E-state index contributed by atoms with van der Waals surface area (Å²) in [6, 6.07) is 5.63. The maximum Gasteiger partial charge on any atom is 0.236 e. The zero-order valence-corrected chi connectivity index (χ0v) is 13.4. The SMILES string of the molecule is CCOc1cc(OC)ccc1CN(C)C(=O)C(C)Br. The number of nitrogens with zero attached hydrogens (tertiary/aromatic N) is 1. The molecule has 1 unspecified atom stereocenters. The highest BCUT2D eigenvalue weighted by Crippen LogP contribution is 2.26. The Morgan fingerprint density at radius 2 is 2.16 bits per heavy atom. The Bertz CT molecular complexity index is 435. The third-order valence-electron chi connectivity index (χ3n) is 2.70. The number of methoxy groups -OCH3 is 1. The van der Waals surface area contributed by atoms with E-state index in [0.717, 1.165) is 17.1 Å². The molecule has 1 amide bonds. The molecule has 0 spiro atoms. The number of hydrogen-bond donors (Lipinski definition) is 0. The summed E-state index contributed by atoms with van der Waals surface area (Å²) in [5, 5.41) is 0. The first kappa shape index (κ1) is 15.8. The quantitative estimate of drug-likeness (QED) is 0.753. The molecule has 0 aliphatic heterocycles. The molecule has 0 radical (unpaired) electrons. The van der Waals surface area contributed by atoms with Gasteiger partial charge in [0.15, 0.2) is 0 Å². The molecule has 0 saturated heterocycles. The van der Waals surface area contributed by atoms with Crippen molar-refractivity contribution in [2.45, 2.75) is 25.2 Å². The van der Waals surface area contributed by atoms with Crippen molar-refractivity contribution in [3.8, 4) is 11.5 Å². The molecular weight excluding hydrogens is 310 g/mol. The number of hydrogen-bond acceptors (Lipinski definition) is 3. The highest BCUT2D eigenvalue weighted by Gasteiger charge is 2.16. The summed E-state index contributed by atoms with van der Waals surface area (Å²) in [7, 11) is 3.40. The van der Waals surface area contributed by atoms with E-state index in [0.29, 0.717) is 13.2 Å². The molecule has 0 N–H and O–H groups in total. The summed E-state index contributed by atoms with van der Waals surface area (Å²) >= 11 is 3.28. The minimum Gasteiger partial charge on any atom is -0.497 e. The van der Waals surface area contributed by atoms with Gasteiger partial charge in [-0.05, 0) is 26.0 Å². The van der Waals surface area contributed by atoms with E-state index >= 15 is 0 Å². The number of halogens is 1. The molecule has 19 heavy (non-hydrogen) atoms. The number of benzene rings is 1. The number of rotatable bonds is 6. The lowest BCUT2D eigenvalue weighted by Gasteiger charge is -2.20. The van der Waals surface area contributed by atoms with Crippen molar-refractivity contribution in [2.24, 2.45) is 0 Å². The Morgan fingerprint density at radius 1 is 1.47 bits per heavy atom. The average molecular weight is 330 g/mol. The van der Waals surface area contributed by atoms with Crippen LogP contribution in [0.2, 0.25) is 0 Å². The number of carbonyl (C=O) groups excluding carboxylic acids is 1. The smallest absolute Gasteiger partial charge is 0.236 e. The highest BCUT2D eigenvalue weighted by atomic mass is 79.9. The van der Waals surface area contributed by atoms with E-state index in [2.05, 4.69) is 15.9 Å². The molecule has 0 fully saturated rings. The van der Waals surface area contributed by atoms with Gasteiger partial charge in [-0.2, -0.15) is 0 Å². The molecule has 1 aromatic rings. The van der Waals surface area contributed by atoms with Gasteiger partial charge in [-0.1, -0.05) is 15.9 Å². The molecule has 0 aliphatic rings. The van der Waals surface area contributed by atoms with Crippen LogP contribution in [0.15, 0.2) is 18.2 Å². The summed E-state index contributed by atoms with van der Waals surface area (Å²) < 4.78 is 10.8. The number of ether oxygens (including phenoxy) is 2. The minimum atomic E-state index is -0.189. The van der Waals surface area contributed by atoms with Gasteiger partial charge in [0, 0.05) is 25.2 Å². The fraction of sp³-hybridized carbons (Fsp3) is 0.500. The monoisotopic (exact) mass is 329 g/mol. The van der Waals surface area contributed by atoms with E-state index in [1.54, 1.807) is 19.1 Å². The highest BCUT2D eigenvalue weighted by molar-refractivity contribution is 9.10. The lowest BCUT2D eigenvalue weighted by atomic mass is 10.1. The van der Waals surface area contributed by atoms with Gasteiger partial charge < -0.3 is 14.4 Å². The predicted molar refractivity (Wildman–Crippen MR) is 79.0 cm³/mol. The molecule has 0 saturated carbocycles. The topological polar surface area (TPSA) is 38.8 Å². The Hall–Kier alpha value is -1.23. The standard InChI is InChI=1S/C14H20BrNO3/c1-5-19-13-8-12(18-4)7-6-11(13)9-16(3)14(17)10(2)15/h6-8,10H,5,9H2,1-4H3. The number of amides is 1. The third-order valence-corrected chi connectivity index (χ3v) is 3.09. The van der Waals surface area contributed by atoms with Gasteiger partial charge in [0.05, 0.1) is 18.5 Å². The second-order valence-corrected chi connectivity index (χ2v) is 5.59. The largest absolute Gasteiger partial charge is 0.497 e. The molecule has 0 aliphatic carbocycles. The summed E-state index contributed by atoms with van der Waals surface area (Å²) in [6.45, 7) is 4.83. The first-order valence-corrected chi connectivity index (χ1v) is 7.09. The van der Waals surface area contributed by atoms with Crippen molar-refractivity contribution in [3.05, 3.63) is 23.8 Å². The van der Waals surface area contributed by atoms with E-state index in [1.165, 1.54) is 0 Å². The van der Waals surface area contributed by atoms with Crippen molar-refractivity contribution in [1.29, 1.82) is 0 Å². The van der Waals surface area contributed by atoms with Gasteiger partial charge >= 0.3 is 0 Å². The summed E-state index contributed by atoms with van der Waals surface area (Å²) in [6.07, 6.45) is 0. The van der Waals surface area contributed by atoms with Gasteiger partial charge in [-0.15, -0.1) is 0 Å². The molecule has 1 atom stereocenters. The van der Waals surface area contributed by atoms with Gasteiger partial charge in [0.25, 0.3) is 0 Å². The molecule has 4 nitrogen and oxygen atoms in total. The summed E-state index contributed by atoms with van der Waals surface area (Å²) in [5.74, 6) is 1.54. The van der Waals surface area contributed by atoms with Gasteiger partial charge in [-0.3, -0.25) is 4.79 Å². The van der Waals surface area contributed by atoms with Gasteiger partial charge in [0.1, 0.15) is 11.5 Å². The van der Waals surface area contributed by atoms with Crippen LogP contribution in [0.4, 0.5) is 0 Å². The Balaban J connectivity index is 2.90. The molecule has 1 rings (SSSR count). The van der Waals surface area contributed by atoms with E-state index in [1.807, 2.05) is 32.0 Å². The van der Waals surface area contributed by atoms with Crippen molar-refractivity contribution < 1.29 is 14.3 Å². The molecule has 0 bridgehead atoms. The summed E-state index contributed by atoms with van der Waals surface area (Å²) in [5.41, 5.74) is 0.964. The van der Waals surface area contributed by atoms with Crippen LogP contribution in [0.3, 0.4) is 0 Å². The molecule has 5 heteroatoms. The molecule has 0 heterocycles. The van der Waals surface area contributed by atoms with Crippen molar-refractivity contribution in [1.82, 2.24) is 4.90 Å². The van der Waals surface area contributed by atoms with Crippen LogP contribution >= 0.6 is 15.9 Å². The van der Waals surface area contributed by atoms with E-state index in [9.17, 15) is 4.79 Å². The van der Waals surface area contributed by atoms with Crippen LogP contribution in [0.1, 0.15) is 19.4 Å². The third kappa shape index (κ3) is 4.42. The fourth-order valence-corrected chi connectivity index (χ4v) is 2.07.